The fourth-order valence-corrected chi connectivity index (χ4v) is 4.37. The van der Waals surface area contributed by atoms with E-state index in [4.69, 9.17) is 16.1 Å². The lowest BCUT2D eigenvalue weighted by Crippen LogP contribution is -2.51. The van der Waals surface area contributed by atoms with Crippen molar-refractivity contribution in [2.75, 3.05) is 7.05 Å². The molecule has 27 heavy (non-hydrogen) atoms. The van der Waals surface area contributed by atoms with Crippen LogP contribution in [0.25, 0.3) is 11.1 Å². The zero-order valence-corrected chi connectivity index (χ0v) is 15.9. The van der Waals surface area contributed by atoms with Crippen LogP contribution in [0, 0.1) is 10.8 Å². The Morgan fingerprint density at radius 2 is 1.93 bits per heavy atom. The van der Waals surface area contributed by atoms with Crippen LogP contribution < -0.4 is 5.73 Å². The van der Waals surface area contributed by atoms with E-state index in [1.54, 1.807) is 7.05 Å². The van der Waals surface area contributed by atoms with Crippen molar-refractivity contribution < 1.29 is 4.79 Å². The number of amides is 1. The van der Waals surface area contributed by atoms with Crippen LogP contribution in [0.3, 0.4) is 0 Å². The Balaban J connectivity index is 1.95. The molecule has 1 unspecified atom stereocenters. The van der Waals surface area contributed by atoms with Gasteiger partial charge in [0.05, 0.1) is 0 Å². The van der Waals surface area contributed by atoms with Crippen molar-refractivity contribution in [1.29, 1.82) is 5.41 Å². The van der Waals surface area contributed by atoms with Gasteiger partial charge in [-0.1, -0.05) is 44.2 Å². The van der Waals surface area contributed by atoms with Crippen LogP contribution in [-0.2, 0) is 16.8 Å². The number of guanidine groups is 1. The van der Waals surface area contributed by atoms with E-state index in [1.165, 1.54) is 11.1 Å². The normalized spacial score (nSPS) is 23.3. The number of aliphatic imine (C=N–C) groups is 1. The van der Waals surface area contributed by atoms with Gasteiger partial charge >= 0.3 is 0 Å². The Morgan fingerprint density at radius 1 is 1.19 bits per heavy atom. The highest BCUT2D eigenvalue weighted by Gasteiger charge is 2.59. The number of hydrogen-bond donors (Lipinski definition) is 2. The standard InChI is InChI=1S/C22H24N4O/c1-21(2)10-9-15-7-8-17(16-6-4-5-14(11-16)13-23)12-18(15)22(21)19(27)26(3)20(24)25-22/h4-8,11-13,23H,9-10H2,1-3H3,(H2,24,25). The van der Waals surface area contributed by atoms with Crippen LogP contribution in [0.4, 0.5) is 0 Å². The molecule has 138 valence electrons. The van der Waals surface area contributed by atoms with Crippen LogP contribution in [0.1, 0.15) is 37.0 Å². The number of nitrogens with one attached hydrogen (secondary N) is 1. The predicted molar refractivity (Wildman–Crippen MR) is 108 cm³/mol. The number of aryl methyl sites for hydroxylation is 1. The second kappa shape index (κ2) is 5.78. The van der Waals surface area contributed by atoms with Crippen molar-refractivity contribution in [1.82, 2.24) is 4.90 Å². The van der Waals surface area contributed by atoms with Gasteiger partial charge in [0.2, 0.25) is 0 Å². The van der Waals surface area contributed by atoms with Crippen LogP contribution >= 0.6 is 0 Å². The molecule has 2 aliphatic rings. The summed E-state index contributed by atoms with van der Waals surface area (Å²) in [5, 5.41) is 7.50. The number of carbonyl (C=O) groups excluding carboxylic acids is 1. The molecule has 0 bridgehead atoms. The van der Waals surface area contributed by atoms with Crippen molar-refractivity contribution in [3.05, 3.63) is 59.2 Å². The maximum atomic E-state index is 13.3. The summed E-state index contributed by atoms with van der Waals surface area (Å²) in [6.45, 7) is 4.21. The third kappa shape index (κ3) is 2.34. The molecule has 0 fully saturated rings. The number of rotatable bonds is 2. The largest absolute Gasteiger partial charge is 0.369 e. The lowest BCUT2D eigenvalue weighted by Gasteiger charge is -2.45. The minimum absolute atomic E-state index is 0.0589. The second-order valence-electron chi connectivity index (χ2n) is 8.07. The summed E-state index contributed by atoms with van der Waals surface area (Å²) in [5.74, 6) is 0.216. The maximum Gasteiger partial charge on any atom is 0.262 e. The number of nitrogens with two attached hydrogens (primary N) is 1. The molecule has 2 aromatic rings. The number of benzene rings is 2. The fraction of sp³-hybridized carbons (Fsp3) is 0.318. The number of carbonyl (C=O) groups is 1. The van der Waals surface area contributed by atoms with Gasteiger partial charge in [-0.05, 0) is 52.8 Å². The summed E-state index contributed by atoms with van der Waals surface area (Å²) >= 11 is 0. The Kier molecular flexibility index (Phi) is 3.74. The van der Waals surface area contributed by atoms with Gasteiger partial charge in [0.15, 0.2) is 11.5 Å². The van der Waals surface area contributed by atoms with Gasteiger partial charge in [-0.3, -0.25) is 9.69 Å². The molecule has 1 aliphatic heterocycles. The number of likely N-dealkylation sites (N-methyl/N-ethyl adjacent to an activating group) is 1. The summed E-state index contributed by atoms with van der Waals surface area (Å²) in [6, 6.07) is 14.1. The zero-order valence-electron chi connectivity index (χ0n) is 15.9. The molecule has 1 heterocycles. The third-order valence-corrected chi connectivity index (χ3v) is 6.13. The molecule has 1 amide bonds. The first-order chi connectivity index (χ1) is 12.8. The fourth-order valence-electron chi connectivity index (χ4n) is 4.37. The molecule has 1 aliphatic carbocycles. The minimum atomic E-state index is -0.978. The number of hydrogen-bond acceptors (Lipinski definition) is 4. The molecule has 5 heteroatoms. The summed E-state index contributed by atoms with van der Waals surface area (Å²) in [7, 11) is 1.69. The SMILES string of the molecule is CN1C(=O)C2(N=C1N)c1cc(-c3cccc(C=N)c3)ccc1CCC2(C)C. The van der Waals surface area contributed by atoms with Crippen LogP contribution in [0.5, 0.6) is 0 Å². The first-order valence-corrected chi connectivity index (χ1v) is 9.18. The summed E-state index contributed by atoms with van der Waals surface area (Å²) in [6.07, 6.45) is 3.13. The smallest absolute Gasteiger partial charge is 0.262 e. The lowest BCUT2D eigenvalue weighted by atomic mass is 9.60. The molecule has 3 N–H and O–H groups in total. The van der Waals surface area contributed by atoms with Crippen molar-refractivity contribution in [2.45, 2.75) is 32.2 Å². The molecule has 0 saturated heterocycles. The maximum absolute atomic E-state index is 13.3. The number of nitrogens with zero attached hydrogens (tertiary/aromatic N) is 2. The van der Waals surface area contributed by atoms with E-state index in [9.17, 15) is 4.79 Å². The molecule has 0 radical (unpaired) electrons. The summed E-state index contributed by atoms with van der Waals surface area (Å²) in [4.78, 5) is 19.5. The highest BCUT2D eigenvalue weighted by molar-refractivity contribution is 6.08. The average Bonchev–Trinajstić information content (AvgIpc) is 2.90. The lowest BCUT2D eigenvalue weighted by molar-refractivity contribution is -0.135. The molecule has 1 spiro atoms. The van der Waals surface area contributed by atoms with E-state index in [0.717, 1.165) is 40.7 Å². The van der Waals surface area contributed by atoms with Gasteiger partial charge in [-0.15, -0.1) is 0 Å². The topological polar surface area (TPSA) is 82.5 Å². The van der Waals surface area contributed by atoms with E-state index in [0.29, 0.717) is 0 Å². The van der Waals surface area contributed by atoms with Gasteiger partial charge in [-0.2, -0.15) is 0 Å². The van der Waals surface area contributed by atoms with Gasteiger partial charge in [-0.25, -0.2) is 4.99 Å². The molecule has 4 rings (SSSR count). The summed E-state index contributed by atoms with van der Waals surface area (Å²) < 4.78 is 0. The van der Waals surface area contributed by atoms with Gasteiger partial charge in [0, 0.05) is 18.7 Å². The van der Waals surface area contributed by atoms with Gasteiger partial charge in [0.1, 0.15) is 0 Å². The molecule has 0 saturated carbocycles. The quantitative estimate of drug-likeness (QED) is 0.806. The van der Waals surface area contributed by atoms with Crippen molar-refractivity contribution in [2.24, 2.45) is 16.1 Å². The highest BCUT2D eigenvalue weighted by Crippen LogP contribution is 2.54. The van der Waals surface area contributed by atoms with Gasteiger partial charge in [0.25, 0.3) is 5.91 Å². The predicted octanol–water partition coefficient (Wildman–Crippen LogP) is 3.31. The molecule has 0 aromatic heterocycles. The first-order valence-electron chi connectivity index (χ1n) is 9.18. The van der Waals surface area contributed by atoms with E-state index in [-0.39, 0.29) is 17.3 Å². The van der Waals surface area contributed by atoms with Crippen molar-refractivity contribution in [3.8, 4) is 11.1 Å². The Bertz CT molecular complexity index is 992. The Labute approximate surface area is 159 Å². The second-order valence-corrected chi connectivity index (χ2v) is 8.07. The molecule has 5 nitrogen and oxygen atoms in total. The van der Waals surface area contributed by atoms with E-state index in [1.807, 2.05) is 24.3 Å². The van der Waals surface area contributed by atoms with E-state index in [2.05, 4.69) is 32.0 Å². The van der Waals surface area contributed by atoms with Crippen LogP contribution in [-0.4, -0.2) is 30.0 Å². The molecule has 1 atom stereocenters. The van der Waals surface area contributed by atoms with Crippen LogP contribution in [0.15, 0.2) is 47.5 Å². The number of fused-ring (bicyclic) bond motifs is 2. The van der Waals surface area contributed by atoms with Gasteiger partial charge < -0.3 is 11.1 Å². The van der Waals surface area contributed by atoms with E-state index < -0.39 is 5.54 Å². The highest BCUT2D eigenvalue weighted by atomic mass is 16.2. The minimum Gasteiger partial charge on any atom is -0.369 e. The molecular weight excluding hydrogens is 336 g/mol. The van der Waals surface area contributed by atoms with E-state index >= 15 is 0 Å². The monoisotopic (exact) mass is 360 g/mol. The average molecular weight is 360 g/mol. The van der Waals surface area contributed by atoms with Crippen molar-refractivity contribution >= 4 is 18.1 Å². The molecular formula is C22H24N4O. The first kappa shape index (κ1) is 17.5. The third-order valence-electron chi connectivity index (χ3n) is 6.13. The Morgan fingerprint density at radius 3 is 2.59 bits per heavy atom. The Hall–Kier alpha value is -2.95. The zero-order chi connectivity index (χ0) is 19.4. The summed E-state index contributed by atoms with van der Waals surface area (Å²) in [5.41, 5.74) is 9.75. The van der Waals surface area contributed by atoms with Crippen LogP contribution in [0.2, 0.25) is 0 Å². The van der Waals surface area contributed by atoms with Crippen molar-refractivity contribution in [3.63, 3.8) is 0 Å². The molecule has 2 aromatic carbocycles.